The van der Waals surface area contributed by atoms with Crippen LogP contribution >= 0.6 is 46.6 Å². The molecule has 178 valence electrons. The van der Waals surface area contributed by atoms with Crippen LogP contribution in [0.3, 0.4) is 0 Å². The van der Waals surface area contributed by atoms with Crippen molar-refractivity contribution in [2.45, 2.75) is 6.92 Å². The van der Waals surface area contributed by atoms with E-state index in [9.17, 15) is 19.2 Å². The highest BCUT2D eigenvalue weighted by molar-refractivity contribution is 8.18. The number of benzene rings is 2. The molecule has 0 atom stereocenters. The van der Waals surface area contributed by atoms with E-state index in [1.165, 1.54) is 18.2 Å². The molecule has 1 aliphatic heterocycles. The average molecular weight is 544 g/mol. The molecule has 2 aromatic carbocycles. The van der Waals surface area contributed by atoms with Crippen molar-refractivity contribution in [3.8, 4) is 5.75 Å². The molecule has 1 fully saturated rings. The fourth-order valence-electron chi connectivity index (χ4n) is 2.80. The van der Waals surface area contributed by atoms with Crippen LogP contribution in [-0.2, 0) is 19.1 Å². The van der Waals surface area contributed by atoms with Gasteiger partial charge in [0.1, 0.15) is 6.54 Å². The van der Waals surface area contributed by atoms with Gasteiger partial charge in [0.2, 0.25) is 5.91 Å². The third kappa shape index (κ3) is 6.66. The molecule has 3 rings (SSSR count). The van der Waals surface area contributed by atoms with Crippen molar-refractivity contribution in [1.82, 2.24) is 4.90 Å². The molecule has 0 aromatic heterocycles. The molecule has 12 heteroatoms. The first-order valence-corrected chi connectivity index (χ1v) is 11.7. The lowest BCUT2D eigenvalue weighted by Gasteiger charge is -2.12. The summed E-state index contributed by atoms with van der Waals surface area (Å²) in [5.74, 6) is -1.66. The monoisotopic (exact) mass is 542 g/mol. The number of hydrogen-bond acceptors (Lipinski definition) is 7. The van der Waals surface area contributed by atoms with Crippen LogP contribution in [0.15, 0.2) is 41.3 Å². The second kappa shape index (κ2) is 11.6. The van der Waals surface area contributed by atoms with Crippen molar-refractivity contribution in [2.75, 3.05) is 25.1 Å². The minimum atomic E-state index is -0.629. The molecule has 0 spiro atoms. The first-order valence-electron chi connectivity index (χ1n) is 9.76. The van der Waals surface area contributed by atoms with Crippen LogP contribution in [-0.4, -0.2) is 47.7 Å². The van der Waals surface area contributed by atoms with Crippen molar-refractivity contribution in [1.29, 1.82) is 0 Å². The second-order valence-corrected chi connectivity index (χ2v) is 8.97. The summed E-state index contributed by atoms with van der Waals surface area (Å²) in [4.78, 5) is 49.7. The maximum atomic E-state index is 12.7. The molecule has 0 unspecified atom stereocenters. The quantitative estimate of drug-likeness (QED) is 0.358. The van der Waals surface area contributed by atoms with Crippen molar-refractivity contribution >= 4 is 81.4 Å². The van der Waals surface area contributed by atoms with Gasteiger partial charge in [-0.3, -0.25) is 19.3 Å². The summed E-state index contributed by atoms with van der Waals surface area (Å²) in [6.07, 6.45) is 1.43. The van der Waals surface area contributed by atoms with E-state index in [2.05, 4.69) is 5.32 Å². The summed E-state index contributed by atoms with van der Waals surface area (Å²) in [7, 11) is 0. The van der Waals surface area contributed by atoms with Gasteiger partial charge >= 0.3 is 5.97 Å². The molecule has 0 bridgehead atoms. The Morgan fingerprint density at radius 3 is 2.35 bits per heavy atom. The molecule has 0 radical (unpaired) electrons. The summed E-state index contributed by atoms with van der Waals surface area (Å²) >= 11 is 18.9. The van der Waals surface area contributed by atoms with Crippen LogP contribution in [0.2, 0.25) is 15.1 Å². The number of ether oxygens (including phenoxy) is 2. The number of esters is 1. The number of carbonyl (C=O) groups excluding carboxylic acids is 4. The number of amides is 3. The molecule has 1 heterocycles. The van der Waals surface area contributed by atoms with Crippen LogP contribution in [0, 0.1) is 0 Å². The van der Waals surface area contributed by atoms with E-state index < -0.39 is 29.6 Å². The van der Waals surface area contributed by atoms with E-state index in [1.807, 2.05) is 0 Å². The zero-order valence-electron chi connectivity index (χ0n) is 17.6. The van der Waals surface area contributed by atoms with Gasteiger partial charge in [0, 0.05) is 10.7 Å². The predicted molar refractivity (Wildman–Crippen MR) is 131 cm³/mol. The zero-order valence-corrected chi connectivity index (χ0v) is 20.7. The van der Waals surface area contributed by atoms with Gasteiger partial charge in [-0.05, 0) is 66.7 Å². The number of nitrogens with zero attached hydrogens (tertiary/aromatic N) is 1. The third-order valence-corrected chi connectivity index (χ3v) is 5.98. The SMILES string of the molecule is CCOC(=O)COc1c(Cl)cc(/C=C2\SC(=O)N(CC(=O)Nc3ccc(Cl)cc3)C2=O)cc1Cl. The topological polar surface area (TPSA) is 102 Å². The van der Waals surface area contributed by atoms with Gasteiger partial charge in [0.15, 0.2) is 12.4 Å². The average Bonchev–Trinajstić information content (AvgIpc) is 3.02. The normalized spacial score (nSPS) is 14.5. The number of carbonyl (C=O) groups is 4. The molecule has 8 nitrogen and oxygen atoms in total. The van der Waals surface area contributed by atoms with E-state index in [0.717, 1.165) is 4.90 Å². The summed E-state index contributed by atoms with van der Waals surface area (Å²) in [6, 6.07) is 9.33. The minimum Gasteiger partial charge on any atom is -0.479 e. The van der Waals surface area contributed by atoms with Crippen molar-refractivity contribution in [2.24, 2.45) is 0 Å². The fraction of sp³-hybridized carbons (Fsp3) is 0.182. The molecule has 1 saturated heterocycles. The van der Waals surface area contributed by atoms with Gasteiger partial charge < -0.3 is 14.8 Å². The van der Waals surface area contributed by atoms with E-state index in [4.69, 9.17) is 44.3 Å². The Hall–Kier alpha value is -2.72. The van der Waals surface area contributed by atoms with E-state index in [-0.39, 0.29) is 33.9 Å². The first-order chi connectivity index (χ1) is 16.2. The van der Waals surface area contributed by atoms with Crippen LogP contribution in [0.25, 0.3) is 6.08 Å². The lowest BCUT2D eigenvalue weighted by Crippen LogP contribution is -2.36. The van der Waals surface area contributed by atoms with Crippen LogP contribution in [0.5, 0.6) is 5.75 Å². The molecule has 0 saturated carbocycles. The summed E-state index contributed by atoms with van der Waals surface area (Å²) in [5.41, 5.74) is 0.904. The highest BCUT2D eigenvalue weighted by atomic mass is 35.5. The molecule has 1 N–H and O–H groups in total. The highest BCUT2D eigenvalue weighted by Gasteiger charge is 2.36. The minimum absolute atomic E-state index is 0.0838. The molecule has 3 amide bonds. The number of rotatable bonds is 8. The number of nitrogens with one attached hydrogen (secondary N) is 1. The van der Waals surface area contributed by atoms with Crippen molar-refractivity contribution in [3.63, 3.8) is 0 Å². The molecule has 34 heavy (non-hydrogen) atoms. The van der Waals surface area contributed by atoms with Gasteiger partial charge in [-0.25, -0.2) is 4.79 Å². The maximum absolute atomic E-state index is 12.7. The molecular weight excluding hydrogens is 527 g/mol. The third-order valence-electron chi connectivity index (χ3n) is 4.26. The summed E-state index contributed by atoms with van der Waals surface area (Å²) in [5, 5.41) is 2.72. The van der Waals surface area contributed by atoms with Crippen LogP contribution in [0.4, 0.5) is 10.5 Å². The van der Waals surface area contributed by atoms with Gasteiger partial charge in [0.25, 0.3) is 11.1 Å². The number of anilines is 1. The Kier molecular flexibility index (Phi) is 8.84. The van der Waals surface area contributed by atoms with Gasteiger partial charge in [-0.1, -0.05) is 34.8 Å². The predicted octanol–water partition coefficient (Wildman–Crippen LogP) is 5.26. The Morgan fingerprint density at radius 1 is 1.09 bits per heavy atom. The summed E-state index contributed by atoms with van der Waals surface area (Å²) in [6.45, 7) is 1.05. The first kappa shape index (κ1) is 25.9. The van der Waals surface area contributed by atoms with Crippen molar-refractivity contribution < 1.29 is 28.7 Å². The van der Waals surface area contributed by atoms with Crippen LogP contribution in [0.1, 0.15) is 12.5 Å². The highest BCUT2D eigenvalue weighted by Crippen LogP contribution is 2.37. The molecular formula is C22H17Cl3N2O6S. The Bertz CT molecular complexity index is 1150. The van der Waals surface area contributed by atoms with Crippen molar-refractivity contribution in [3.05, 3.63) is 61.9 Å². The van der Waals surface area contributed by atoms with E-state index in [1.54, 1.807) is 31.2 Å². The molecule has 2 aromatic rings. The standard InChI is InChI=1S/C22H17Cl3N2O6S/c1-2-32-19(29)11-33-20-15(24)7-12(8-16(20)25)9-17-21(30)27(22(31)34-17)10-18(28)26-14-5-3-13(23)4-6-14/h3-9H,2,10-11H2,1H3,(H,26,28)/b17-9-. The zero-order chi connectivity index (χ0) is 24.8. The molecule has 1 aliphatic rings. The number of thioether (sulfide) groups is 1. The maximum Gasteiger partial charge on any atom is 0.344 e. The van der Waals surface area contributed by atoms with Gasteiger partial charge in [0.05, 0.1) is 21.6 Å². The molecule has 0 aliphatic carbocycles. The Labute approximate surface area is 214 Å². The van der Waals surface area contributed by atoms with Gasteiger partial charge in [-0.15, -0.1) is 0 Å². The number of hydrogen-bond donors (Lipinski definition) is 1. The van der Waals surface area contributed by atoms with Crippen LogP contribution < -0.4 is 10.1 Å². The summed E-state index contributed by atoms with van der Waals surface area (Å²) < 4.78 is 10.1. The lowest BCUT2D eigenvalue weighted by atomic mass is 10.2. The second-order valence-electron chi connectivity index (χ2n) is 6.73. The Balaban J connectivity index is 1.68. The fourth-order valence-corrected chi connectivity index (χ4v) is 4.38. The largest absolute Gasteiger partial charge is 0.479 e. The van der Waals surface area contributed by atoms with Gasteiger partial charge in [-0.2, -0.15) is 0 Å². The van der Waals surface area contributed by atoms with E-state index >= 15 is 0 Å². The Morgan fingerprint density at radius 2 is 1.74 bits per heavy atom. The number of imide groups is 1. The number of halogens is 3. The lowest BCUT2D eigenvalue weighted by molar-refractivity contribution is -0.145. The van der Waals surface area contributed by atoms with E-state index in [0.29, 0.717) is 28.0 Å². The smallest absolute Gasteiger partial charge is 0.344 e.